The molecule has 0 spiro atoms. The summed E-state index contributed by atoms with van der Waals surface area (Å²) in [6.07, 6.45) is 2.85. The van der Waals surface area contributed by atoms with Gasteiger partial charge in [-0.15, -0.1) is 0 Å². The fraction of sp³-hybridized carbons (Fsp3) is 0.125. The van der Waals surface area contributed by atoms with Crippen LogP contribution in [0.1, 0.15) is 6.42 Å². The van der Waals surface area contributed by atoms with Crippen molar-refractivity contribution in [3.8, 4) is 22.6 Å². The molecular formula is C32H29O2PSeSi. The van der Waals surface area contributed by atoms with E-state index >= 15 is 0 Å². The van der Waals surface area contributed by atoms with Gasteiger partial charge in [-0.25, -0.2) is 0 Å². The Hall–Kier alpha value is -2.87. The van der Waals surface area contributed by atoms with Crippen molar-refractivity contribution in [3.63, 3.8) is 0 Å². The van der Waals surface area contributed by atoms with E-state index in [0.29, 0.717) is 0 Å². The maximum atomic E-state index is 7.13. The summed E-state index contributed by atoms with van der Waals surface area (Å²) in [6, 6.07) is 36.6. The molecule has 5 heteroatoms. The van der Waals surface area contributed by atoms with Crippen LogP contribution in [-0.2, 0) is 0 Å². The Morgan fingerprint density at radius 2 is 1.22 bits per heavy atom. The third-order valence-electron chi connectivity index (χ3n) is 7.61. The molecule has 6 rings (SSSR count). The molecule has 2 nitrogen and oxygen atoms in total. The molecule has 0 amide bonds. The van der Waals surface area contributed by atoms with Crippen LogP contribution in [0.15, 0.2) is 116 Å². The van der Waals surface area contributed by atoms with Gasteiger partial charge in [-0.05, 0) is 0 Å². The molecule has 0 N–H and O–H groups in total. The van der Waals surface area contributed by atoms with Gasteiger partial charge >= 0.3 is 228 Å². The van der Waals surface area contributed by atoms with E-state index in [-0.39, 0.29) is 5.28 Å². The average Bonchev–Trinajstić information content (AvgIpc) is 3.06. The Morgan fingerprint density at radius 1 is 0.730 bits per heavy atom. The second kappa shape index (κ2) is 9.46. The van der Waals surface area contributed by atoms with E-state index in [4.69, 9.17) is 9.05 Å². The Morgan fingerprint density at radius 3 is 1.73 bits per heavy atom. The van der Waals surface area contributed by atoms with Crippen molar-refractivity contribution >= 4 is 55.9 Å². The third kappa shape index (κ3) is 4.13. The minimum absolute atomic E-state index is 0.177. The first-order valence-corrected chi connectivity index (χ1v) is 19.6. The van der Waals surface area contributed by atoms with Gasteiger partial charge in [-0.1, -0.05) is 0 Å². The number of allylic oxidation sites excluding steroid dienone is 1. The Balaban J connectivity index is 1.65. The topological polar surface area (TPSA) is 18.5 Å². The molecule has 0 unspecified atom stereocenters. The fourth-order valence-electron chi connectivity index (χ4n) is 5.63. The molecule has 37 heavy (non-hydrogen) atoms. The molecule has 0 bridgehead atoms. The maximum absolute atomic E-state index is 7.13. The fourth-order valence-corrected chi connectivity index (χ4v) is 19.8. The molecule has 5 aromatic rings. The van der Waals surface area contributed by atoms with Crippen LogP contribution in [0.3, 0.4) is 0 Å². The van der Waals surface area contributed by atoms with Gasteiger partial charge < -0.3 is 0 Å². The van der Waals surface area contributed by atoms with E-state index in [0.717, 1.165) is 29.0 Å². The van der Waals surface area contributed by atoms with Gasteiger partial charge in [0.05, 0.1) is 0 Å². The van der Waals surface area contributed by atoms with Gasteiger partial charge in [0.1, 0.15) is 0 Å². The van der Waals surface area contributed by atoms with E-state index in [1.54, 1.807) is 0 Å². The van der Waals surface area contributed by atoms with Gasteiger partial charge in [0, 0.05) is 0 Å². The summed E-state index contributed by atoms with van der Waals surface area (Å²) < 4.78 is 14.3. The van der Waals surface area contributed by atoms with Gasteiger partial charge in [0.2, 0.25) is 0 Å². The van der Waals surface area contributed by atoms with Crippen molar-refractivity contribution < 1.29 is 9.05 Å². The quantitative estimate of drug-likeness (QED) is 0.117. The summed E-state index contributed by atoms with van der Waals surface area (Å²) in [5.41, 5.74) is 2.22. The van der Waals surface area contributed by atoms with E-state index in [2.05, 4.69) is 138 Å². The van der Waals surface area contributed by atoms with Crippen molar-refractivity contribution in [1.29, 1.82) is 0 Å². The Kier molecular flexibility index (Phi) is 6.25. The van der Waals surface area contributed by atoms with Gasteiger partial charge in [-0.3, -0.25) is 0 Å². The predicted octanol–water partition coefficient (Wildman–Crippen LogP) is 8.46. The summed E-state index contributed by atoms with van der Waals surface area (Å²) in [5.74, 6) is -0.811. The summed E-state index contributed by atoms with van der Waals surface area (Å²) in [7, 11) is -2.06. The summed E-state index contributed by atoms with van der Waals surface area (Å²) in [4.78, 5) is 0. The van der Waals surface area contributed by atoms with Crippen LogP contribution in [0.25, 0.3) is 32.7 Å². The molecule has 0 aromatic heterocycles. The van der Waals surface area contributed by atoms with Gasteiger partial charge in [0.25, 0.3) is 0 Å². The second-order valence-corrected chi connectivity index (χ2v) is 20.6. The second-order valence-electron chi connectivity index (χ2n) is 10.2. The van der Waals surface area contributed by atoms with Crippen molar-refractivity contribution in [3.05, 3.63) is 116 Å². The molecule has 1 atom stereocenters. The van der Waals surface area contributed by atoms with Crippen LogP contribution in [0, 0.1) is 0 Å². The first-order valence-electron chi connectivity index (χ1n) is 12.6. The number of hydrogen-bond acceptors (Lipinski definition) is 2. The molecule has 0 aliphatic carbocycles. The molecule has 0 saturated heterocycles. The SMILES string of the molecule is C=CC[C@@H]([Si](C)(C)c1ccccc1)P1(=[Se])Oc2ccc3ccccc3c2-c2c(ccc3ccccc23)O1. The molecule has 184 valence electrons. The van der Waals surface area contributed by atoms with E-state index in [1.807, 2.05) is 6.08 Å². The minimum atomic E-state index is -2.58. The van der Waals surface area contributed by atoms with Crippen LogP contribution in [0.2, 0.25) is 13.1 Å². The normalized spacial score (nSPS) is 15.1. The zero-order valence-electron chi connectivity index (χ0n) is 21.1. The van der Waals surface area contributed by atoms with Gasteiger partial charge in [-0.2, -0.15) is 0 Å². The number of rotatable bonds is 5. The summed E-state index contributed by atoms with van der Waals surface area (Å²) in [5, 5.41) is 6.30. The number of benzene rings is 5. The van der Waals surface area contributed by atoms with E-state index in [9.17, 15) is 0 Å². The van der Waals surface area contributed by atoms with Crippen LogP contribution < -0.4 is 14.2 Å². The van der Waals surface area contributed by atoms with Crippen molar-refractivity contribution in [1.82, 2.24) is 0 Å². The average molecular weight is 584 g/mol. The molecule has 5 aromatic carbocycles. The number of fused-ring (bicyclic) bond motifs is 7. The van der Waals surface area contributed by atoms with E-state index in [1.165, 1.54) is 26.7 Å². The standard InChI is InChI=1S/C32H29O2PSeSi/c1-4-12-30(37(2,3)25-15-6-5-7-16-25)35(36)33-28-21-19-23-13-8-10-17-26(23)31(28)32-27-18-11-9-14-24(27)20-22-29(32)34-35/h4-11,13-22,30H,1,12H2,2-3H3/t30-/m1/s1. The van der Waals surface area contributed by atoms with Crippen molar-refractivity contribution in [2.45, 2.75) is 24.8 Å². The van der Waals surface area contributed by atoms with E-state index < -0.39 is 14.0 Å². The predicted molar refractivity (Wildman–Crippen MR) is 163 cm³/mol. The summed E-state index contributed by atoms with van der Waals surface area (Å²) >= 11 is 3.52. The van der Waals surface area contributed by atoms with Gasteiger partial charge in [0.15, 0.2) is 0 Å². The third-order valence-corrected chi connectivity index (χ3v) is 20.0. The Bertz CT molecular complexity index is 1600. The van der Waals surface area contributed by atoms with Crippen molar-refractivity contribution in [2.24, 2.45) is 0 Å². The molecular weight excluding hydrogens is 554 g/mol. The monoisotopic (exact) mass is 584 g/mol. The molecule has 0 radical (unpaired) electrons. The van der Waals surface area contributed by atoms with Crippen molar-refractivity contribution in [2.75, 3.05) is 0 Å². The van der Waals surface area contributed by atoms with Crippen LogP contribution >= 0.6 is 5.96 Å². The first kappa shape index (κ1) is 24.5. The molecule has 0 saturated carbocycles. The van der Waals surface area contributed by atoms with Crippen LogP contribution in [0.4, 0.5) is 0 Å². The summed E-state index contributed by atoms with van der Waals surface area (Å²) in [6.45, 7) is 9.00. The molecule has 0 fully saturated rings. The Labute approximate surface area is 227 Å². The number of hydrogen-bond donors (Lipinski definition) is 0. The zero-order chi connectivity index (χ0) is 25.6. The molecule has 1 heterocycles. The van der Waals surface area contributed by atoms with Crippen LogP contribution in [0.5, 0.6) is 11.5 Å². The van der Waals surface area contributed by atoms with Crippen LogP contribution in [-0.4, -0.2) is 28.5 Å². The molecule has 1 aliphatic rings. The zero-order valence-corrected chi connectivity index (χ0v) is 24.7. The first-order chi connectivity index (χ1) is 17.9. The molecule has 1 aliphatic heterocycles.